The molecule has 0 amide bonds. The predicted octanol–water partition coefficient (Wildman–Crippen LogP) is 2.32. The molecule has 2 aromatic heterocycles. The van der Waals surface area contributed by atoms with E-state index in [2.05, 4.69) is 20.3 Å². The zero-order valence-corrected chi connectivity index (χ0v) is 11.9. The average molecular weight is 277 g/mol. The van der Waals surface area contributed by atoms with Gasteiger partial charge in [-0.3, -0.25) is 0 Å². The van der Waals surface area contributed by atoms with Gasteiger partial charge in [0, 0.05) is 0 Å². The van der Waals surface area contributed by atoms with Crippen LogP contribution in [0.4, 0.5) is 11.9 Å². The summed E-state index contributed by atoms with van der Waals surface area (Å²) in [5.74, 6) is 2.15. The monoisotopic (exact) mass is 277 g/mol. The number of nitrogens with zero attached hydrogens (tertiary/aromatic N) is 3. The van der Waals surface area contributed by atoms with Crippen LogP contribution in [-0.4, -0.2) is 21.6 Å². The maximum atomic E-state index is 5.64. The number of anilines is 2. The molecule has 0 bridgehead atoms. The van der Waals surface area contributed by atoms with Crippen molar-refractivity contribution in [1.29, 1.82) is 0 Å². The summed E-state index contributed by atoms with van der Waals surface area (Å²) in [5, 5.41) is 3.11. The van der Waals surface area contributed by atoms with Crippen molar-refractivity contribution in [2.24, 2.45) is 0 Å². The van der Waals surface area contributed by atoms with Crippen LogP contribution in [0.25, 0.3) is 0 Å². The van der Waals surface area contributed by atoms with Gasteiger partial charge in [-0.1, -0.05) is 6.92 Å². The van der Waals surface area contributed by atoms with Crippen molar-refractivity contribution >= 4 is 11.9 Å². The first-order valence-corrected chi connectivity index (χ1v) is 6.55. The van der Waals surface area contributed by atoms with Crippen molar-refractivity contribution in [2.75, 3.05) is 17.7 Å². The van der Waals surface area contributed by atoms with E-state index in [4.69, 9.17) is 14.9 Å². The highest BCUT2D eigenvalue weighted by Crippen LogP contribution is 2.20. The van der Waals surface area contributed by atoms with Crippen LogP contribution in [0.2, 0.25) is 0 Å². The number of aryl methyl sites for hydroxylation is 1. The van der Waals surface area contributed by atoms with Crippen molar-refractivity contribution in [2.45, 2.75) is 33.2 Å². The van der Waals surface area contributed by atoms with E-state index in [0.717, 1.165) is 17.9 Å². The van der Waals surface area contributed by atoms with Crippen LogP contribution < -0.4 is 15.8 Å². The van der Waals surface area contributed by atoms with E-state index >= 15 is 0 Å². The molecule has 0 spiro atoms. The summed E-state index contributed by atoms with van der Waals surface area (Å²) in [5.41, 5.74) is 5.64. The topological polar surface area (TPSA) is 99.1 Å². The lowest BCUT2D eigenvalue weighted by atomic mass is 10.2. The second-order valence-electron chi connectivity index (χ2n) is 4.46. The molecule has 0 aromatic carbocycles. The number of ether oxygens (including phenoxy) is 1. The molecule has 1 unspecified atom stereocenters. The number of furan rings is 1. The summed E-state index contributed by atoms with van der Waals surface area (Å²) in [7, 11) is 0. The minimum absolute atomic E-state index is 0.0791. The van der Waals surface area contributed by atoms with Gasteiger partial charge < -0.3 is 20.2 Å². The van der Waals surface area contributed by atoms with Crippen molar-refractivity contribution in [3.63, 3.8) is 0 Å². The minimum Gasteiger partial charge on any atom is -0.464 e. The van der Waals surface area contributed by atoms with Crippen LogP contribution in [0.15, 0.2) is 16.5 Å². The highest BCUT2D eigenvalue weighted by molar-refractivity contribution is 5.34. The van der Waals surface area contributed by atoms with Crippen molar-refractivity contribution in [1.82, 2.24) is 15.0 Å². The summed E-state index contributed by atoms with van der Waals surface area (Å²) in [6.45, 7) is 6.39. The molecule has 0 saturated heterocycles. The van der Waals surface area contributed by atoms with Gasteiger partial charge in [-0.2, -0.15) is 15.0 Å². The largest absolute Gasteiger partial charge is 0.464 e. The van der Waals surface area contributed by atoms with Crippen LogP contribution in [0, 0.1) is 6.92 Å². The van der Waals surface area contributed by atoms with Gasteiger partial charge in [0.05, 0.1) is 12.6 Å². The van der Waals surface area contributed by atoms with Crippen molar-refractivity contribution < 1.29 is 9.15 Å². The molecule has 0 aliphatic carbocycles. The first kappa shape index (κ1) is 14.1. The van der Waals surface area contributed by atoms with E-state index in [1.165, 1.54) is 0 Å². The van der Waals surface area contributed by atoms with E-state index in [1.807, 2.05) is 32.9 Å². The third kappa shape index (κ3) is 3.59. The van der Waals surface area contributed by atoms with Crippen LogP contribution in [-0.2, 0) is 0 Å². The minimum atomic E-state index is -0.0791. The molecule has 0 aliphatic rings. The highest BCUT2D eigenvalue weighted by Gasteiger charge is 2.12. The normalized spacial score (nSPS) is 12.2. The van der Waals surface area contributed by atoms with E-state index < -0.39 is 0 Å². The van der Waals surface area contributed by atoms with Crippen molar-refractivity contribution in [3.8, 4) is 6.01 Å². The maximum Gasteiger partial charge on any atom is 0.323 e. The second kappa shape index (κ2) is 6.23. The van der Waals surface area contributed by atoms with Crippen LogP contribution in [0.5, 0.6) is 6.01 Å². The third-order valence-electron chi connectivity index (χ3n) is 2.60. The Labute approximate surface area is 117 Å². The van der Waals surface area contributed by atoms with E-state index in [1.54, 1.807) is 0 Å². The Morgan fingerprint density at radius 1 is 1.35 bits per heavy atom. The summed E-state index contributed by atoms with van der Waals surface area (Å²) < 4.78 is 10.9. The molecular weight excluding hydrogens is 258 g/mol. The molecule has 7 nitrogen and oxygen atoms in total. The number of nitrogens with one attached hydrogen (secondary N) is 1. The lowest BCUT2D eigenvalue weighted by Crippen LogP contribution is -2.12. The van der Waals surface area contributed by atoms with Gasteiger partial charge in [0.2, 0.25) is 11.9 Å². The molecule has 3 N–H and O–H groups in total. The second-order valence-corrected chi connectivity index (χ2v) is 4.46. The Morgan fingerprint density at radius 3 is 2.80 bits per heavy atom. The zero-order chi connectivity index (χ0) is 14.5. The van der Waals surface area contributed by atoms with Crippen LogP contribution in [0.3, 0.4) is 0 Å². The number of nitrogens with two attached hydrogens (primary N) is 1. The number of nitrogen functional groups attached to an aromatic ring is 1. The Hall–Kier alpha value is -2.31. The Balaban J connectivity index is 2.10. The molecule has 0 fully saturated rings. The van der Waals surface area contributed by atoms with Gasteiger partial charge in [-0.25, -0.2) is 0 Å². The molecule has 2 heterocycles. The zero-order valence-electron chi connectivity index (χ0n) is 11.9. The maximum absolute atomic E-state index is 5.64. The molecule has 108 valence electrons. The van der Waals surface area contributed by atoms with Gasteiger partial charge >= 0.3 is 6.01 Å². The quantitative estimate of drug-likeness (QED) is 0.835. The summed E-state index contributed by atoms with van der Waals surface area (Å²) in [6, 6.07) is 3.96. The molecule has 7 heteroatoms. The molecule has 0 radical (unpaired) electrons. The number of hydrogen-bond donors (Lipinski definition) is 2. The summed E-state index contributed by atoms with van der Waals surface area (Å²) in [4.78, 5) is 12.1. The van der Waals surface area contributed by atoms with Gasteiger partial charge in [0.25, 0.3) is 0 Å². The lowest BCUT2D eigenvalue weighted by Gasteiger charge is -2.12. The Morgan fingerprint density at radius 2 is 2.15 bits per heavy atom. The fourth-order valence-corrected chi connectivity index (χ4v) is 1.65. The van der Waals surface area contributed by atoms with Gasteiger partial charge in [0.15, 0.2) is 0 Å². The Bertz CT molecular complexity index is 570. The van der Waals surface area contributed by atoms with Gasteiger partial charge in [-0.05, 0) is 32.4 Å². The first-order valence-electron chi connectivity index (χ1n) is 6.55. The SMILES string of the molecule is CCCOc1nc(N)nc(NC(C)c2ccc(C)o2)n1. The van der Waals surface area contributed by atoms with Crippen molar-refractivity contribution in [3.05, 3.63) is 23.7 Å². The van der Waals surface area contributed by atoms with E-state index in [9.17, 15) is 0 Å². The Kier molecular flexibility index (Phi) is 4.39. The van der Waals surface area contributed by atoms with Crippen LogP contribution in [0.1, 0.15) is 37.8 Å². The molecule has 1 atom stereocenters. The summed E-state index contributed by atoms with van der Waals surface area (Å²) >= 11 is 0. The molecule has 2 aromatic rings. The highest BCUT2D eigenvalue weighted by atomic mass is 16.5. The fraction of sp³-hybridized carbons (Fsp3) is 0.462. The molecule has 0 saturated carbocycles. The van der Waals surface area contributed by atoms with Gasteiger partial charge in [0.1, 0.15) is 11.5 Å². The van der Waals surface area contributed by atoms with E-state index in [0.29, 0.717) is 12.6 Å². The number of hydrogen-bond acceptors (Lipinski definition) is 7. The fourth-order valence-electron chi connectivity index (χ4n) is 1.65. The van der Waals surface area contributed by atoms with E-state index in [-0.39, 0.29) is 18.0 Å². The predicted molar refractivity (Wildman–Crippen MR) is 75.5 cm³/mol. The van der Waals surface area contributed by atoms with Crippen LogP contribution >= 0.6 is 0 Å². The average Bonchev–Trinajstić information content (AvgIpc) is 2.82. The molecule has 2 rings (SSSR count). The standard InChI is InChI=1S/C13H19N5O2/c1-4-7-19-13-17-11(14)16-12(18-13)15-9(3)10-6-5-8(2)20-10/h5-6,9H,4,7H2,1-3H3,(H3,14,15,16,17,18). The summed E-state index contributed by atoms with van der Waals surface area (Å²) in [6.07, 6.45) is 0.871. The lowest BCUT2D eigenvalue weighted by molar-refractivity contribution is 0.292. The molecule has 20 heavy (non-hydrogen) atoms. The first-order chi connectivity index (χ1) is 9.58. The smallest absolute Gasteiger partial charge is 0.323 e. The molecular formula is C13H19N5O2. The number of aromatic nitrogens is 3. The third-order valence-corrected chi connectivity index (χ3v) is 2.60. The molecule has 0 aliphatic heterocycles. The van der Waals surface area contributed by atoms with Gasteiger partial charge in [-0.15, -0.1) is 0 Å². The number of rotatable bonds is 6.